The van der Waals surface area contributed by atoms with Gasteiger partial charge in [-0.1, -0.05) is 37.3 Å². The number of hydrogen-bond donors (Lipinski definition) is 0. The van der Waals surface area contributed by atoms with E-state index in [-0.39, 0.29) is 5.78 Å². The average Bonchev–Trinajstić information content (AvgIpc) is 3.10. The lowest BCUT2D eigenvalue weighted by Gasteiger charge is -1.99. The van der Waals surface area contributed by atoms with Gasteiger partial charge in [-0.05, 0) is 30.7 Å². The van der Waals surface area contributed by atoms with Crippen LogP contribution in [0.1, 0.15) is 27.0 Å². The van der Waals surface area contributed by atoms with Crippen LogP contribution in [-0.4, -0.2) is 15.8 Å². The third-order valence-corrected chi connectivity index (χ3v) is 4.63. The summed E-state index contributed by atoms with van der Waals surface area (Å²) in [6.07, 6.45) is 7.74. The summed E-state index contributed by atoms with van der Waals surface area (Å²) < 4.78 is 0. The summed E-state index contributed by atoms with van der Waals surface area (Å²) in [5.74, 6) is 0.696. The second kappa shape index (κ2) is 7.11. The van der Waals surface area contributed by atoms with Crippen molar-refractivity contribution in [2.75, 3.05) is 0 Å². The summed E-state index contributed by atoms with van der Waals surface area (Å²) in [6, 6.07) is 13.7. The van der Waals surface area contributed by atoms with E-state index in [1.165, 1.54) is 4.88 Å². The van der Waals surface area contributed by atoms with Crippen LogP contribution in [0.2, 0.25) is 0 Å². The van der Waals surface area contributed by atoms with Gasteiger partial charge in [-0.25, -0.2) is 9.97 Å². The van der Waals surface area contributed by atoms with Crippen molar-refractivity contribution in [3.63, 3.8) is 0 Å². The fourth-order valence-electron chi connectivity index (χ4n) is 2.11. The fraction of sp³-hybridized carbons (Fsp3) is 0.105. The third-order valence-electron chi connectivity index (χ3n) is 3.38. The molecule has 0 saturated heterocycles. The van der Waals surface area contributed by atoms with Gasteiger partial charge in [-0.2, -0.15) is 0 Å². The Kier molecular flexibility index (Phi) is 4.74. The molecule has 0 radical (unpaired) electrons. The van der Waals surface area contributed by atoms with Crippen LogP contribution in [0.4, 0.5) is 0 Å². The molecule has 0 atom stereocenters. The summed E-state index contributed by atoms with van der Waals surface area (Å²) in [7, 11) is 0. The van der Waals surface area contributed by atoms with E-state index >= 15 is 0 Å². The highest BCUT2D eigenvalue weighted by atomic mass is 32.1. The quantitative estimate of drug-likeness (QED) is 0.507. The normalized spacial score (nSPS) is 11.0. The van der Waals surface area contributed by atoms with Gasteiger partial charge in [0, 0.05) is 28.4 Å². The lowest BCUT2D eigenvalue weighted by molar-refractivity contribution is 0.105. The van der Waals surface area contributed by atoms with E-state index in [0.29, 0.717) is 5.82 Å². The predicted molar refractivity (Wildman–Crippen MR) is 94.5 cm³/mol. The number of carbonyl (C=O) groups excluding carboxylic acids is 1. The van der Waals surface area contributed by atoms with Crippen molar-refractivity contribution >= 4 is 23.2 Å². The molecular weight excluding hydrogens is 304 g/mol. The van der Waals surface area contributed by atoms with E-state index in [0.717, 1.165) is 22.4 Å². The molecular formula is C19H16N2OS. The number of nitrogens with zero attached hydrogens (tertiary/aromatic N) is 2. The van der Waals surface area contributed by atoms with Crippen molar-refractivity contribution < 1.29 is 4.79 Å². The van der Waals surface area contributed by atoms with Gasteiger partial charge in [-0.15, -0.1) is 11.3 Å². The summed E-state index contributed by atoms with van der Waals surface area (Å²) >= 11 is 1.54. The topological polar surface area (TPSA) is 42.9 Å². The molecule has 23 heavy (non-hydrogen) atoms. The van der Waals surface area contributed by atoms with E-state index < -0.39 is 0 Å². The standard InChI is InChI=1S/C19H16N2OS/c1-2-16-9-11-18(23-16)17(22)10-8-14-12-20-19(21-13-14)15-6-4-3-5-7-15/h3-13H,2H2,1H3/b10-8+. The summed E-state index contributed by atoms with van der Waals surface area (Å²) in [6.45, 7) is 2.08. The maximum atomic E-state index is 12.1. The van der Waals surface area contributed by atoms with Crippen LogP contribution in [0.15, 0.2) is 60.9 Å². The van der Waals surface area contributed by atoms with Crippen molar-refractivity contribution in [3.05, 3.63) is 76.3 Å². The molecule has 3 nitrogen and oxygen atoms in total. The molecule has 0 aliphatic rings. The van der Waals surface area contributed by atoms with E-state index in [1.54, 1.807) is 35.9 Å². The van der Waals surface area contributed by atoms with Crippen LogP contribution in [0.25, 0.3) is 17.5 Å². The largest absolute Gasteiger partial charge is 0.288 e. The molecule has 0 spiro atoms. The fourth-order valence-corrected chi connectivity index (χ4v) is 2.98. The number of carbonyl (C=O) groups is 1. The summed E-state index contributed by atoms with van der Waals surface area (Å²) in [5.41, 5.74) is 1.79. The molecule has 2 heterocycles. The Bertz CT molecular complexity index is 820. The molecule has 0 unspecified atom stereocenters. The molecule has 3 rings (SSSR count). The van der Waals surface area contributed by atoms with Gasteiger partial charge in [0.15, 0.2) is 11.6 Å². The van der Waals surface area contributed by atoms with Gasteiger partial charge in [0.25, 0.3) is 0 Å². The molecule has 3 aromatic rings. The van der Waals surface area contributed by atoms with Gasteiger partial charge in [-0.3, -0.25) is 4.79 Å². The minimum absolute atomic E-state index is 0.0156. The number of ketones is 1. The molecule has 0 aliphatic carbocycles. The van der Waals surface area contributed by atoms with Gasteiger partial charge in [0.2, 0.25) is 0 Å². The predicted octanol–water partition coefficient (Wildman–Crippen LogP) is 4.66. The Morgan fingerprint density at radius 2 is 1.83 bits per heavy atom. The van der Waals surface area contributed by atoms with Gasteiger partial charge in [0.05, 0.1) is 4.88 Å². The average molecular weight is 320 g/mol. The number of allylic oxidation sites excluding steroid dienone is 1. The van der Waals surface area contributed by atoms with E-state index in [2.05, 4.69) is 16.9 Å². The third kappa shape index (κ3) is 3.79. The summed E-state index contributed by atoms with van der Waals surface area (Å²) in [5, 5.41) is 0. The Hall–Kier alpha value is -2.59. The van der Waals surface area contributed by atoms with Crippen LogP contribution in [-0.2, 0) is 6.42 Å². The molecule has 0 bridgehead atoms. The van der Waals surface area contributed by atoms with E-state index in [4.69, 9.17) is 0 Å². The first-order valence-electron chi connectivity index (χ1n) is 7.45. The van der Waals surface area contributed by atoms with Crippen molar-refractivity contribution in [1.82, 2.24) is 9.97 Å². The van der Waals surface area contributed by atoms with Crippen molar-refractivity contribution in [2.24, 2.45) is 0 Å². The molecule has 2 aromatic heterocycles. The zero-order chi connectivity index (χ0) is 16.1. The minimum Gasteiger partial charge on any atom is -0.288 e. The Labute approximate surface area is 139 Å². The molecule has 0 aliphatic heterocycles. The maximum absolute atomic E-state index is 12.1. The lowest BCUT2D eigenvalue weighted by Crippen LogP contribution is -1.91. The molecule has 4 heteroatoms. The molecule has 1 aromatic carbocycles. The van der Waals surface area contributed by atoms with Crippen LogP contribution in [0, 0.1) is 0 Å². The summed E-state index contributed by atoms with van der Waals surface area (Å²) in [4.78, 5) is 22.8. The first-order chi connectivity index (χ1) is 11.3. The van der Waals surface area contributed by atoms with Gasteiger partial charge < -0.3 is 0 Å². The highest BCUT2D eigenvalue weighted by Crippen LogP contribution is 2.18. The van der Waals surface area contributed by atoms with Crippen LogP contribution < -0.4 is 0 Å². The molecule has 0 N–H and O–H groups in total. The van der Waals surface area contributed by atoms with Crippen molar-refractivity contribution in [3.8, 4) is 11.4 Å². The van der Waals surface area contributed by atoms with Crippen LogP contribution in [0.3, 0.4) is 0 Å². The molecule has 0 saturated carbocycles. The molecule has 114 valence electrons. The SMILES string of the molecule is CCc1ccc(C(=O)/C=C/c2cnc(-c3ccccc3)nc2)s1. The lowest BCUT2D eigenvalue weighted by atomic mass is 10.2. The van der Waals surface area contributed by atoms with Crippen LogP contribution in [0.5, 0.6) is 0 Å². The Morgan fingerprint density at radius 1 is 1.09 bits per heavy atom. The van der Waals surface area contributed by atoms with Crippen molar-refractivity contribution in [2.45, 2.75) is 13.3 Å². The Morgan fingerprint density at radius 3 is 2.48 bits per heavy atom. The second-order valence-electron chi connectivity index (χ2n) is 5.02. The molecule has 0 amide bonds. The maximum Gasteiger partial charge on any atom is 0.195 e. The monoisotopic (exact) mass is 320 g/mol. The number of benzene rings is 1. The number of aryl methyl sites for hydroxylation is 1. The van der Waals surface area contributed by atoms with Crippen molar-refractivity contribution in [1.29, 1.82) is 0 Å². The minimum atomic E-state index is 0.0156. The smallest absolute Gasteiger partial charge is 0.195 e. The highest BCUT2D eigenvalue weighted by Gasteiger charge is 2.05. The highest BCUT2D eigenvalue weighted by molar-refractivity contribution is 7.14. The first-order valence-corrected chi connectivity index (χ1v) is 8.26. The van der Waals surface area contributed by atoms with Crippen LogP contribution >= 0.6 is 11.3 Å². The van der Waals surface area contributed by atoms with Gasteiger partial charge >= 0.3 is 0 Å². The number of aromatic nitrogens is 2. The molecule has 0 fully saturated rings. The van der Waals surface area contributed by atoms with E-state index in [1.807, 2.05) is 42.5 Å². The van der Waals surface area contributed by atoms with Gasteiger partial charge in [0.1, 0.15) is 0 Å². The first kappa shape index (κ1) is 15.3. The number of thiophene rings is 1. The number of hydrogen-bond acceptors (Lipinski definition) is 4. The zero-order valence-electron chi connectivity index (χ0n) is 12.8. The Balaban J connectivity index is 1.71. The zero-order valence-corrected chi connectivity index (χ0v) is 13.6. The number of rotatable bonds is 5. The second-order valence-corrected chi connectivity index (χ2v) is 6.19. The van der Waals surface area contributed by atoms with E-state index in [9.17, 15) is 4.79 Å².